The van der Waals surface area contributed by atoms with Gasteiger partial charge in [0.05, 0.1) is 29.6 Å². The van der Waals surface area contributed by atoms with Crippen molar-refractivity contribution in [2.75, 3.05) is 33.4 Å². The lowest BCUT2D eigenvalue weighted by atomic mass is 10.0. The van der Waals surface area contributed by atoms with E-state index in [1.807, 2.05) is 28.8 Å². The predicted molar refractivity (Wildman–Crippen MR) is 176 cm³/mol. The number of esters is 1. The first kappa shape index (κ1) is 32.8. The molecule has 2 aromatic carbocycles. The summed E-state index contributed by atoms with van der Waals surface area (Å²) in [6, 6.07) is 17.9. The van der Waals surface area contributed by atoms with E-state index in [4.69, 9.17) is 19.3 Å². The minimum Gasteiger partial charge on any atom is -0.489 e. The first-order chi connectivity index (χ1) is 22.1. The zero-order valence-electron chi connectivity index (χ0n) is 26.7. The number of ether oxygens (including phenoxy) is 3. The zero-order valence-corrected chi connectivity index (χ0v) is 27.7. The highest BCUT2D eigenvalue weighted by Gasteiger charge is 2.25. The van der Waals surface area contributed by atoms with Gasteiger partial charge >= 0.3 is 5.97 Å². The second-order valence-corrected chi connectivity index (χ2v) is 18.1. The normalized spacial score (nSPS) is 13.9. The number of fused-ring (bicyclic) bond motifs is 1. The number of rotatable bonds is 11. The molecule has 0 unspecified atom stereocenters. The molecule has 1 aliphatic heterocycles. The maximum Gasteiger partial charge on any atom is 0.337 e. The largest absolute Gasteiger partial charge is 0.489 e. The first-order valence-electron chi connectivity index (χ1n) is 15.3. The fourth-order valence-electron chi connectivity index (χ4n) is 5.46. The van der Waals surface area contributed by atoms with E-state index in [0.717, 1.165) is 28.3 Å². The number of aliphatic hydroxyl groups excluding tert-OH is 1. The Kier molecular flexibility index (Phi) is 10.2. The van der Waals surface area contributed by atoms with Crippen LogP contribution in [0, 0.1) is 11.3 Å². The molecule has 0 atom stereocenters. The van der Waals surface area contributed by atoms with Gasteiger partial charge in [-0.15, -0.1) is 0 Å². The molecule has 1 N–H and O–H groups in total. The number of aromatic nitrogens is 3. The maximum absolute atomic E-state index is 12.0. The molecule has 1 aliphatic rings. The van der Waals surface area contributed by atoms with Crippen molar-refractivity contribution in [3.05, 3.63) is 66.0 Å². The molecule has 0 spiro atoms. The lowest BCUT2D eigenvalue weighted by Gasteiger charge is -2.32. The third-order valence-corrected chi connectivity index (χ3v) is 9.81. The van der Waals surface area contributed by atoms with E-state index in [1.54, 1.807) is 29.2 Å². The van der Waals surface area contributed by atoms with Crippen LogP contribution in [0.15, 0.2) is 54.9 Å². The van der Waals surface area contributed by atoms with Gasteiger partial charge in [0.15, 0.2) is 0 Å². The van der Waals surface area contributed by atoms with Gasteiger partial charge in [-0.2, -0.15) is 5.26 Å². The smallest absolute Gasteiger partial charge is 0.337 e. The number of aliphatic hydroxyl groups is 1. The van der Waals surface area contributed by atoms with Crippen LogP contribution in [0.5, 0.6) is 5.75 Å². The molecule has 3 heterocycles. The number of piperidine rings is 1. The molecule has 0 radical (unpaired) electrons. The van der Waals surface area contributed by atoms with Crippen molar-refractivity contribution in [3.8, 4) is 34.3 Å². The third kappa shape index (κ3) is 7.45. The molecule has 12 heteroatoms. The number of hydrogen-bond donors (Lipinski definition) is 1. The highest BCUT2D eigenvalue weighted by atomic mass is 28.3. The quantitative estimate of drug-likeness (QED) is 0.135. The summed E-state index contributed by atoms with van der Waals surface area (Å²) in [5.41, 5.74) is 4.66. The van der Waals surface area contributed by atoms with E-state index >= 15 is 0 Å². The van der Waals surface area contributed by atoms with Gasteiger partial charge in [0, 0.05) is 51.6 Å². The van der Waals surface area contributed by atoms with Crippen LogP contribution in [0.2, 0.25) is 25.7 Å². The fraction of sp³-hybridized carbons (Fsp3) is 0.382. The van der Waals surface area contributed by atoms with Gasteiger partial charge in [0.2, 0.25) is 5.91 Å². The highest BCUT2D eigenvalue weighted by Crippen LogP contribution is 2.35. The fourth-order valence-corrected chi connectivity index (χ4v) is 6.22. The molecule has 0 saturated carbocycles. The van der Waals surface area contributed by atoms with Crippen LogP contribution in [0.3, 0.4) is 0 Å². The monoisotopic (exact) mass is 641 g/mol. The maximum atomic E-state index is 12.0. The van der Waals surface area contributed by atoms with Crippen LogP contribution in [0.1, 0.15) is 28.8 Å². The Labute approximate surface area is 269 Å². The average molecular weight is 642 g/mol. The molecule has 0 aliphatic carbocycles. The van der Waals surface area contributed by atoms with E-state index in [2.05, 4.69) is 35.7 Å². The van der Waals surface area contributed by atoms with Crippen LogP contribution in [-0.2, 0) is 21.0 Å². The molecular formula is C34H39N5O6Si. The summed E-state index contributed by atoms with van der Waals surface area (Å²) in [5, 5.41) is 20.0. The number of carbonyl (C=O) groups is 2. The molecule has 2 aromatic heterocycles. The molecule has 46 heavy (non-hydrogen) atoms. The second-order valence-electron chi connectivity index (χ2n) is 12.5. The van der Waals surface area contributed by atoms with Gasteiger partial charge in [0.25, 0.3) is 0 Å². The van der Waals surface area contributed by atoms with Crippen LogP contribution in [-0.4, -0.2) is 84.0 Å². The van der Waals surface area contributed by atoms with Gasteiger partial charge in [-0.3, -0.25) is 4.79 Å². The Hall–Kier alpha value is -4.57. The van der Waals surface area contributed by atoms with Gasteiger partial charge in [-0.1, -0.05) is 31.8 Å². The van der Waals surface area contributed by atoms with Crippen molar-refractivity contribution in [2.24, 2.45) is 0 Å². The minimum atomic E-state index is -1.29. The first-order valence-corrected chi connectivity index (χ1v) is 19.0. The van der Waals surface area contributed by atoms with Crippen molar-refractivity contribution in [1.29, 1.82) is 5.26 Å². The molecule has 11 nitrogen and oxygen atoms in total. The van der Waals surface area contributed by atoms with Gasteiger partial charge in [-0.25, -0.2) is 14.8 Å². The number of carbonyl (C=O) groups excluding carboxylic acids is 2. The summed E-state index contributed by atoms with van der Waals surface area (Å²) in [6.45, 7) is 8.35. The molecule has 1 saturated heterocycles. The number of nitrogens with zero attached hydrogens (tertiary/aromatic N) is 5. The molecule has 4 aromatic rings. The number of likely N-dealkylation sites (tertiary alicyclic amines) is 1. The minimum absolute atomic E-state index is 0.144. The Morgan fingerprint density at radius 2 is 1.76 bits per heavy atom. The standard InChI is InChI=1S/C34H39N5O6Si/c1-43-34(42)24-7-5-23(6-8-24)29-18-28-32(36-21-37-33(28)39(29)22-44-15-16-46(2,3)4)25-9-10-30(26(17-25)19-35)45-27-11-13-38(14-12-27)31(41)20-40/h5-10,17-18,21,27,40H,11-16,20,22H2,1-4H3. The highest BCUT2D eigenvalue weighted by molar-refractivity contribution is 6.76. The van der Waals surface area contributed by atoms with Crippen molar-refractivity contribution in [1.82, 2.24) is 19.4 Å². The summed E-state index contributed by atoms with van der Waals surface area (Å²) in [7, 11) is 0.0691. The second kappa shape index (κ2) is 14.2. The van der Waals surface area contributed by atoms with Crippen molar-refractivity contribution < 1.29 is 28.9 Å². The van der Waals surface area contributed by atoms with Crippen LogP contribution in [0.4, 0.5) is 0 Å². The summed E-state index contributed by atoms with van der Waals surface area (Å²) in [6.07, 6.45) is 2.59. The SMILES string of the molecule is COC(=O)c1ccc(-c2cc3c(-c4ccc(OC5CCN(C(=O)CO)CC5)c(C#N)c4)ncnc3n2COCC[Si](C)(C)C)cc1. The zero-order chi connectivity index (χ0) is 32.8. The summed E-state index contributed by atoms with van der Waals surface area (Å²) >= 11 is 0. The number of hydrogen-bond acceptors (Lipinski definition) is 9. The summed E-state index contributed by atoms with van der Waals surface area (Å²) in [4.78, 5) is 34.7. The van der Waals surface area contributed by atoms with Crippen molar-refractivity contribution in [2.45, 2.75) is 51.4 Å². The Morgan fingerprint density at radius 3 is 2.41 bits per heavy atom. The van der Waals surface area contributed by atoms with Crippen molar-refractivity contribution in [3.63, 3.8) is 0 Å². The van der Waals surface area contributed by atoms with E-state index in [0.29, 0.717) is 60.8 Å². The van der Waals surface area contributed by atoms with E-state index in [1.165, 1.54) is 13.4 Å². The van der Waals surface area contributed by atoms with Crippen LogP contribution >= 0.6 is 0 Å². The van der Waals surface area contributed by atoms with Gasteiger partial charge in [-0.05, 0) is 48.0 Å². The third-order valence-electron chi connectivity index (χ3n) is 8.11. The number of methoxy groups -OCH3 is 1. The topological polar surface area (TPSA) is 140 Å². The molecule has 1 fully saturated rings. The number of benzene rings is 2. The molecule has 0 bridgehead atoms. The Bertz CT molecular complexity index is 1750. The van der Waals surface area contributed by atoms with Crippen LogP contribution in [0.25, 0.3) is 33.5 Å². The van der Waals surface area contributed by atoms with E-state index < -0.39 is 20.7 Å². The lowest BCUT2D eigenvalue weighted by Crippen LogP contribution is -2.42. The average Bonchev–Trinajstić information content (AvgIpc) is 3.44. The van der Waals surface area contributed by atoms with E-state index in [9.17, 15) is 14.9 Å². The molecule has 240 valence electrons. The Morgan fingerprint density at radius 1 is 1.04 bits per heavy atom. The summed E-state index contributed by atoms with van der Waals surface area (Å²) in [5.74, 6) is -0.217. The number of amides is 1. The molecule has 1 amide bonds. The molecular weight excluding hydrogens is 602 g/mol. The lowest BCUT2D eigenvalue weighted by molar-refractivity contribution is -0.135. The number of nitriles is 1. The Balaban J connectivity index is 1.46. The molecule has 5 rings (SSSR count). The van der Waals surface area contributed by atoms with Gasteiger partial charge < -0.3 is 28.8 Å². The van der Waals surface area contributed by atoms with Gasteiger partial charge in [0.1, 0.15) is 43.2 Å². The van der Waals surface area contributed by atoms with Crippen molar-refractivity contribution >= 4 is 31.0 Å². The summed E-state index contributed by atoms with van der Waals surface area (Å²) < 4.78 is 19.2. The van der Waals surface area contributed by atoms with E-state index in [-0.39, 0.29) is 18.7 Å². The van der Waals surface area contributed by atoms with Crippen LogP contribution < -0.4 is 4.74 Å². The predicted octanol–water partition coefficient (Wildman–Crippen LogP) is 5.10.